The van der Waals surface area contributed by atoms with Gasteiger partial charge in [-0.15, -0.1) is 0 Å². The molecule has 0 aliphatic carbocycles. The summed E-state index contributed by atoms with van der Waals surface area (Å²) in [7, 11) is 0. The van der Waals surface area contributed by atoms with Crippen molar-refractivity contribution in [2.45, 2.75) is 38.3 Å². The topological polar surface area (TPSA) is 24.5 Å². The molecule has 0 aromatic rings. The first-order chi connectivity index (χ1) is 7.27. The average molecular weight is 210 g/mol. The maximum atomic E-state index is 5.29. The fourth-order valence-electron chi connectivity index (χ4n) is 3.25. The molecule has 3 heteroatoms. The fraction of sp³-hybridized carbons (Fsp3) is 1.00. The molecule has 3 nitrogen and oxygen atoms in total. The van der Waals surface area contributed by atoms with Crippen LogP contribution in [0.15, 0.2) is 0 Å². The van der Waals surface area contributed by atoms with Crippen molar-refractivity contribution in [2.24, 2.45) is 5.41 Å². The van der Waals surface area contributed by atoms with Crippen LogP contribution >= 0.6 is 0 Å². The molecule has 86 valence electrons. The minimum Gasteiger partial charge on any atom is -0.380 e. The van der Waals surface area contributed by atoms with E-state index in [1.807, 2.05) is 0 Å². The predicted octanol–water partition coefficient (Wildman–Crippen LogP) is 0.849. The van der Waals surface area contributed by atoms with Gasteiger partial charge < -0.3 is 10.1 Å². The minimum atomic E-state index is 0.423. The summed E-state index contributed by atoms with van der Waals surface area (Å²) in [5.74, 6) is 0. The van der Waals surface area contributed by atoms with Gasteiger partial charge in [-0.05, 0) is 25.8 Å². The Kier molecular flexibility index (Phi) is 2.49. The smallest absolute Gasteiger partial charge is 0.0554 e. The molecule has 1 N–H and O–H groups in total. The van der Waals surface area contributed by atoms with Crippen molar-refractivity contribution in [3.8, 4) is 0 Å². The van der Waals surface area contributed by atoms with Crippen LogP contribution in [0.4, 0.5) is 0 Å². The second-order valence-electron chi connectivity index (χ2n) is 5.83. The molecule has 3 fully saturated rings. The molecule has 0 saturated carbocycles. The van der Waals surface area contributed by atoms with E-state index in [9.17, 15) is 0 Å². The summed E-state index contributed by atoms with van der Waals surface area (Å²) in [6, 6.07) is 1.60. The van der Waals surface area contributed by atoms with E-state index >= 15 is 0 Å². The van der Waals surface area contributed by atoms with Crippen molar-refractivity contribution in [1.82, 2.24) is 10.2 Å². The maximum absolute atomic E-state index is 5.29. The molecule has 0 aromatic heterocycles. The second-order valence-corrected chi connectivity index (χ2v) is 5.83. The van der Waals surface area contributed by atoms with Crippen LogP contribution in [0.3, 0.4) is 0 Å². The van der Waals surface area contributed by atoms with Crippen molar-refractivity contribution in [3.05, 3.63) is 0 Å². The lowest BCUT2D eigenvalue weighted by atomic mass is 9.88. The van der Waals surface area contributed by atoms with Gasteiger partial charge >= 0.3 is 0 Å². The fourth-order valence-corrected chi connectivity index (χ4v) is 3.25. The van der Waals surface area contributed by atoms with E-state index in [4.69, 9.17) is 4.74 Å². The van der Waals surface area contributed by atoms with E-state index in [0.717, 1.165) is 31.8 Å². The van der Waals surface area contributed by atoms with E-state index in [0.29, 0.717) is 5.41 Å². The SMILES string of the molecule is CC1(CNC2CCN3CCCC23)COC1. The number of fused-ring (bicyclic) bond motifs is 1. The van der Waals surface area contributed by atoms with Crippen LogP contribution in [-0.4, -0.2) is 49.8 Å². The number of hydrogen-bond acceptors (Lipinski definition) is 3. The quantitative estimate of drug-likeness (QED) is 0.747. The number of hydrogen-bond donors (Lipinski definition) is 1. The van der Waals surface area contributed by atoms with Crippen LogP contribution in [0.1, 0.15) is 26.2 Å². The van der Waals surface area contributed by atoms with Gasteiger partial charge in [0, 0.05) is 30.6 Å². The Bertz CT molecular complexity index is 240. The van der Waals surface area contributed by atoms with E-state index in [1.165, 1.54) is 32.4 Å². The number of ether oxygens (including phenoxy) is 1. The van der Waals surface area contributed by atoms with Gasteiger partial charge in [0.15, 0.2) is 0 Å². The number of nitrogens with one attached hydrogen (secondary N) is 1. The molecule has 15 heavy (non-hydrogen) atoms. The lowest BCUT2D eigenvalue weighted by molar-refractivity contribution is -0.100. The lowest BCUT2D eigenvalue weighted by Crippen LogP contribution is -2.51. The van der Waals surface area contributed by atoms with E-state index in [2.05, 4.69) is 17.1 Å². The Labute approximate surface area is 92.2 Å². The van der Waals surface area contributed by atoms with Crippen LogP contribution in [0.5, 0.6) is 0 Å². The van der Waals surface area contributed by atoms with E-state index < -0.39 is 0 Å². The first-order valence-electron chi connectivity index (χ1n) is 6.32. The monoisotopic (exact) mass is 210 g/mol. The molecule has 3 aliphatic rings. The summed E-state index contributed by atoms with van der Waals surface area (Å²) in [6.45, 7) is 8.01. The zero-order chi connectivity index (χ0) is 10.3. The molecule has 0 bridgehead atoms. The second kappa shape index (κ2) is 3.72. The van der Waals surface area contributed by atoms with Gasteiger partial charge in [-0.2, -0.15) is 0 Å². The van der Waals surface area contributed by atoms with E-state index in [1.54, 1.807) is 0 Å². The lowest BCUT2D eigenvalue weighted by Gasteiger charge is -2.39. The summed E-state index contributed by atoms with van der Waals surface area (Å²) in [5, 5.41) is 3.77. The Hall–Kier alpha value is -0.120. The normalized spacial score (nSPS) is 39.0. The summed E-state index contributed by atoms with van der Waals surface area (Å²) < 4.78 is 5.29. The van der Waals surface area contributed by atoms with Gasteiger partial charge in [-0.25, -0.2) is 0 Å². The molecule has 0 radical (unpaired) electrons. The molecule has 3 saturated heterocycles. The highest BCUT2D eigenvalue weighted by Gasteiger charge is 2.39. The predicted molar refractivity (Wildman–Crippen MR) is 59.9 cm³/mol. The average Bonchev–Trinajstić information content (AvgIpc) is 2.73. The zero-order valence-electron chi connectivity index (χ0n) is 9.67. The molecule has 0 amide bonds. The molecule has 2 atom stereocenters. The molecule has 0 spiro atoms. The molecule has 0 aromatic carbocycles. The van der Waals surface area contributed by atoms with Crippen LogP contribution in [0.25, 0.3) is 0 Å². The molecule has 3 rings (SSSR count). The Morgan fingerprint density at radius 2 is 2.20 bits per heavy atom. The van der Waals surface area contributed by atoms with Crippen molar-refractivity contribution in [3.63, 3.8) is 0 Å². The summed E-state index contributed by atoms with van der Waals surface area (Å²) in [5.41, 5.74) is 0.423. The third-order valence-electron chi connectivity index (χ3n) is 4.30. The summed E-state index contributed by atoms with van der Waals surface area (Å²) in [4.78, 5) is 2.66. The summed E-state index contributed by atoms with van der Waals surface area (Å²) in [6.07, 6.45) is 4.16. The van der Waals surface area contributed by atoms with Crippen LogP contribution < -0.4 is 5.32 Å². The van der Waals surface area contributed by atoms with Gasteiger partial charge in [-0.3, -0.25) is 4.90 Å². The standard InChI is InChI=1S/C12H22N2O/c1-12(8-15-9-12)7-13-10-4-6-14-5-2-3-11(10)14/h10-11,13H,2-9H2,1H3. The van der Waals surface area contributed by atoms with Crippen molar-refractivity contribution in [2.75, 3.05) is 32.8 Å². The first kappa shape index (κ1) is 10.1. The highest BCUT2D eigenvalue weighted by atomic mass is 16.5. The molecule has 3 heterocycles. The largest absolute Gasteiger partial charge is 0.380 e. The van der Waals surface area contributed by atoms with Crippen molar-refractivity contribution < 1.29 is 4.74 Å². The number of rotatable bonds is 3. The van der Waals surface area contributed by atoms with Crippen LogP contribution in [-0.2, 0) is 4.74 Å². The van der Waals surface area contributed by atoms with Gasteiger partial charge in [-0.1, -0.05) is 6.92 Å². The van der Waals surface area contributed by atoms with Gasteiger partial charge in [0.1, 0.15) is 0 Å². The zero-order valence-corrected chi connectivity index (χ0v) is 9.67. The Morgan fingerprint density at radius 1 is 1.33 bits per heavy atom. The third-order valence-corrected chi connectivity index (χ3v) is 4.30. The van der Waals surface area contributed by atoms with Crippen molar-refractivity contribution in [1.29, 1.82) is 0 Å². The highest BCUT2D eigenvalue weighted by Crippen LogP contribution is 2.30. The first-order valence-corrected chi connectivity index (χ1v) is 6.32. The van der Waals surface area contributed by atoms with Gasteiger partial charge in [0.05, 0.1) is 13.2 Å². The van der Waals surface area contributed by atoms with Gasteiger partial charge in [0.2, 0.25) is 0 Å². The molecular formula is C12H22N2O. The minimum absolute atomic E-state index is 0.423. The number of nitrogens with zero attached hydrogens (tertiary/aromatic N) is 1. The Morgan fingerprint density at radius 3 is 2.93 bits per heavy atom. The van der Waals surface area contributed by atoms with E-state index in [-0.39, 0.29) is 0 Å². The maximum Gasteiger partial charge on any atom is 0.0554 e. The van der Waals surface area contributed by atoms with Crippen molar-refractivity contribution >= 4 is 0 Å². The molecule has 2 unspecified atom stereocenters. The van der Waals surface area contributed by atoms with Crippen LogP contribution in [0, 0.1) is 5.41 Å². The third kappa shape index (κ3) is 1.81. The summed E-state index contributed by atoms with van der Waals surface area (Å²) >= 11 is 0. The Balaban J connectivity index is 1.51. The molecule has 3 aliphatic heterocycles. The molecular weight excluding hydrogens is 188 g/mol. The van der Waals surface area contributed by atoms with Crippen LogP contribution in [0.2, 0.25) is 0 Å². The highest BCUT2D eigenvalue weighted by molar-refractivity contribution is 4.97. The van der Waals surface area contributed by atoms with Gasteiger partial charge in [0.25, 0.3) is 0 Å².